The van der Waals surface area contributed by atoms with Crippen molar-refractivity contribution in [2.75, 3.05) is 64.4 Å². The molecule has 9 nitrogen and oxygen atoms in total. The van der Waals surface area contributed by atoms with E-state index in [1.807, 2.05) is 18.1 Å². The number of carbonyl (C=O) groups excluding carboxylic acids is 1. The number of morpholine rings is 1. The third-order valence-electron chi connectivity index (χ3n) is 6.14. The zero-order chi connectivity index (χ0) is 22.5. The van der Waals surface area contributed by atoms with E-state index < -0.39 is 0 Å². The molecule has 9 heteroatoms. The quantitative estimate of drug-likeness (QED) is 0.554. The molecule has 1 unspecified atom stereocenters. The molecule has 2 aliphatic rings. The lowest BCUT2D eigenvalue weighted by Crippen LogP contribution is -2.56. The van der Waals surface area contributed by atoms with E-state index in [0.717, 1.165) is 38.0 Å². The van der Waals surface area contributed by atoms with Crippen molar-refractivity contribution in [1.29, 1.82) is 0 Å². The number of rotatable bonds is 5. The Kier molecular flexibility index (Phi) is 7.06. The van der Waals surface area contributed by atoms with Gasteiger partial charge in [-0.15, -0.1) is 0 Å². The van der Waals surface area contributed by atoms with Gasteiger partial charge in [-0.05, 0) is 12.5 Å². The number of nitrogens with one attached hydrogen (secondary N) is 1. The van der Waals surface area contributed by atoms with Gasteiger partial charge in [-0.25, -0.2) is 0 Å². The summed E-state index contributed by atoms with van der Waals surface area (Å²) in [7, 11) is 3.63. The van der Waals surface area contributed by atoms with Crippen LogP contribution in [-0.4, -0.2) is 91.0 Å². The van der Waals surface area contributed by atoms with Crippen LogP contribution in [0.3, 0.4) is 0 Å². The van der Waals surface area contributed by atoms with Crippen LogP contribution in [0.2, 0.25) is 0 Å². The summed E-state index contributed by atoms with van der Waals surface area (Å²) in [5.74, 6) is 0.810. The minimum atomic E-state index is 0.0514. The van der Waals surface area contributed by atoms with E-state index in [1.165, 1.54) is 11.1 Å². The van der Waals surface area contributed by atoms with Gasteiger partial charge in [0.2, 0.25) is 5.91 Å². The van der Waals surface area contributed by atoms with Crippen molar-refractivity contribution in [3.8, 4) is 0 Å². The summed E-state index contributed by atoms with van der Waals surface area (Å²) in [6.07, 6.45) is 3.60. The molecule has 172 valence electrons. The van der Waals surface area contributed by atoms with Crippen LogP contribution in [0.1, 0.15) is 17.2 Å². The minimum absolute atomic E-state index is 0.0514. The normalized spacial score (nSPS) is 19.3. The summed E-state index contributed by atoms with van der Waals surface area (Å²) in [4.78, 5) is 23.6. The number of hydrogen-bond donors (Lipinski definition) is 1. The second-order valence-electron chi connectivity index (χ2n) is 8.34. The first-order valence-electron chi connectivity index (χ1n) is 11.2. The van der Waals surface area contributed by atoms with Crippen molar-refractivity contribution < 1.29 is 9.53 Å². The molecular weight excluding hydrogens is 406 g/mol. The molecular formula is C23H33N7O2. The maximum Gasteiger partial charge on any atom is 0.246 e. The first-order valence-corrected chi connectivity index (χ1v) is 11.2. The number of aromatic nitrogens is 2. The molecule has 3 heterocycles. The Balaban J connectivity index is 1.41. The van der Waals surface area contributed by atoms with Crippen LogP contribution >= 0.6 is 0 Å². The standard InChI is InChI=1S/C23H33N7O2/c1-18-4-6-19(7-5-18)21(28-10-12-32-13-11-28)15-25-23(24-2)29-8-9-30(22(31)17-29)20-14-26-27(3)16-20/h4-7,14,16,21H,8-13,15,17H2,1-3H3,(H,24,25). The third kappa shape index (κ3) is 5.11. The van der Waals surface area contributed by atoms with E-state index in [-0.39, 0.29) is 11.9 Å². The summed E-state index contributed by atoms with van der Waals surface area (Å²) >= 11 is 0. The summed E-state index contributed by atoms with van der Waals surface area (Å²) in [6, 6.07) is 8.94. The van der Waals surface area contributed by atoms with Crippen LogP contribution in [0.15, 0.2) is 41.7 Å². The smallest absolute Gasteiger partial charge is 0.246 e. The first kappa shape index (κ1) is 22.3. The Labute approximate surface area is 189 Å². The number of guanidine groups is 1. The first-order chi connectivity index (χ1) is 15.5. The van der Waals surface area contributed by atoms with Crippen LogP contribution in [0, 0.1) is 6.92 Å². The second kappa shape index (κ2) is 10.1. The second-order valence-corrected chi connectivity index (χ2v) is 8.34. The fraction of sp³-hybridized carbons (Fsp3) is 0.522. The summed E-state index contributed by atoms with van der Waals surface area (Å²) in [6.45, 7) is 7.75. The van der Waals surface area contributed by atoms with Gasteiger partial charge < -0.3 is 19.9 Å². The van der Waals surface area contributed by atoms with Crippen molar-refractivity contribution in [3.63, 3.8) is 0 Å². The van der Waals surface area contributed by atoms with Gasteiger partial charge in [0.05, 0.1) is 31.1 Å². The summed E-state index contributed by atoms with van der Waals surface area (Å²) < 4.78 is 7.28. The lowest BCUT2D eigenvalue weighted by atomic mass is 10.0. The van der Waals surface area contributed by atoms with Gasteiger partial charge in [0.1, 0.15) is 6.54 Å². The highest BCUT2D eigenvalue weighted by Crippen LogP contribution is 2.22. The van der Waals surface area contributed by atoms with E-state index in [0.29, 0.717) is 26.2 Å². The predicted molar refractivity (Wildman–Crippen MR) is 125 cm³/mol. The van der Waals surface area contributed by atoms with Crippen molar-refractivity contribution in [3.05, 3.63) is 47.8 Å². The number of anilines is 1. The number of benzene rings is 1. The molecule has 0 saturated carbocycles. The number of ether oxygens (including phenoxy) is 1. The van der Waals surface area contributed by atoms with Crippen molar-refractivity contribution in [2.45, 2.75) is 13.0 Å². The molecule has 0 bridgehead atoms. The zero-order valence-electron chi connectivity index (χ0n) is 19.2. The third-order valence-corrected chi connectivity index (χ3v) is 6.14. The lowest BCUT2D eigenvalue weighted by Gasteiger charge is -2.38. The highest BCUT2D eigenvalue weighted by Gasteiger charge is 2.29. The molecule has 4 rings (SSSR count). The molecule has 0 aliphatic carbocycles. The van der Waals surface area contributed by atoms with Crippen LogP contribution in [0.5, 0.6) is 0 Å². The SMILES string of the molecule is CN=C(NCC(c1ccc(C)cc1)N1CCOCC1)N1CCN(c2cnn(C)c2)C(=O)C1. The van der Waals surface area contributed by atoms with Crippen LogP contribution in [-0.2, 0) is 16.6 Å². The van der Waals surface area contributed by atoms with E-state index >= 15 is 0 Å². The molecule has 2 aliphatic heterocycles. The maximum atomic E-state index is 12.8. The van der Waals surface area contributed by atoms with Crippen molar-refractivity contribution in [1.82, 2.24) is 24.9 Å². The number of nitrogens with zero attached hydrogens (tertiary/aromatic N) is 6. The number of aryl methyl sites for hydroxylation is 2. The Morgan fingerprint density at radius 1 is 1.19 bits per heavy atom. The molecule has 32 heavy (non-hydrogen) atoms. The van der Waals surface area contributed by atoms with Crippen LogP contribution in [0.25, 0.3) is 0 Å². The maximum absolute atomic E-state index is 12.8. The Morgan fingerprint density at radius 3 is 2.56 bits per heavy atom. The van der Waals surface area contributed by atoms with Crippen molar-refractivity contribution >= 4 is 17.6 Å². The molecule has 1 aromatic heterocycles. The van der Waals surface area contributed by atoms with E-state index in [2.05, 4.69) is 51.5 Å². The number of hydrogen-bond acceptors (Lipinski definition) is 5. The molecule has 2 aromatic rings. The van der Waals surface area contributed by atoms with Crippen molar-refractivity contribution in [2.24, 2.45) is 12.0 Å². The monoisotopic (exact) mass is 439 g/mol. The molecule has 0 spiro atoms. The predicted octanol–water partition coefficient (Wildman–Crippen LogP) is 1.03. The summed E-state index contributed by atoms with van der Waals surface area (Å²) in [5, 5.41) is 7.72. The molecule has 1 atom stereocenters. The molecule has 2 saturated heterocycles. The number of aliphatic imine (C=N–C) groups is 1. The van der Waals surface area contributed by atoms with E-state index in [9.17, 15) is 4.79 Å². The Bertz CT molecular complexity index is 934. The molecule has 1 N–H and O–H groups in total. The van der Waals surface area contributed by atoms with Gasteiger partial charge in [-0.3, -0.25) is 19.4 Å². The highest BCUT2D eigenvalue weighted by atomic mass is 16.5. The minimum Gasteiger partial charge on any atom is -0.379 e. The van der Waals surface area contributed by atoms with Gasteiger partial charge in [-0.2, -0.15) is 5.10 Å². The van der Waals surface area contributed by atoms with Gasteiger partial charge >= 0.3 is 0 Å². The summed E-state index contributed by atoms with van der Waals surface area (Å²) in [5.41, 5.74) is 3.37. The largest absolute Gasteiger partial charge is 0.379 e. The molecule has 1 amide bonds. The number of carbonyl (C=O) groups is 1. The Morgan fingerprint density at radius 2 is 1.94 bits per heavy atom. The lowest BCUT2D eigenvalue weighted by molar-refractivity contribution is -0.120. The number of piperazine rings is 1. The van der Waals surface area contributed by atoms with Gasteiger partial charge in [0.15, 0.2) is 5.96 Å². The molecule has 2 fully saturated rings. The average Bonchev–Trinajstić information content (AvgIpc) is 3.24. The molecule has 1 aromatic carbocycles. The molecule has 0 radical (unpaired) electrons. The highest BCUT2D eigenvalue weighted by molar-refractivity contribution is 5.98. The topological polar surface area (TPSA) is 78.2 Å². The number of amides is 1. The van der Waals surface area contributed by atoms with E-state index in [1.54, 1.807) is 22.8 Å². The van der Waals surface area contributed by atoms with Gasteiger partial charge in [0.25, 0.3) is 0 Å². The van der Waals surface area contributed by atoms with Gasteiger partial charge in [-0.1, -0.05) is 29.8 Å². The fourth-order valence-electron chi connectivity index (χ4n) is 4.33. The van der Waals surface area contributed by atoms with Gasteiger partial charge in [0, 0.05) is 53.0 Å². The van der Waals surface area contributed by atoms with E-state index in [4.69, 9.17) is 4.74 Å². The average molecular weight is 440 g/mol. The fourth-order valence-corrected chi connectivity index (χ4v) is 4.33. The zero-order valence-corrected chi connectivity index (χ0v) is 19.2. The van der Waals surface area contributed by atoms with Crippen LogP contribution in [0.4, 0.5) is 5.69 Å². The Hall–Kier alpha value is -2.91. The van der Waals surface area contributed by atoms with Crippen LogP contribution < -0.4 is 10.2 Å².